The van der Waals surface area contributed by atoms with Gasteiger partial charge < -0.3 is 15.2 Å². The number of carbonyl (C=O) groups excluding carboxylic acids is 3. The highest BCUT2D eigenvalue weighted by Crippen LogP contribution is 2.70. The van der Waals surface area contributed by atoms with Crippen molar-refractivity contribution >= 4 is 17.8 Å². The van der Waals surface area contributed by atoms with Gasteiger partial charge in [-0.1, -0.05) is 20.8 Å². The third-order valence-electron chi connectivity index (χ3n) is 11.3. The minimum absolute atomic E-state index is 0.0600. The molecule has 0 aliphatic heterocycles. The maximum atomic E-state index is 12.4. The Morgan fingerprint density at radius 2 is 1.63 bits per heavy atom. The highest BCUT2D eigenvalue weighted by molar-refractivity contribution is 5.73. The number of amides is 1. The Labute approximate surface area is 224 Å². The van der Waals surface area contributed by atoms with Crippen LogP contribution < -0.4 is 5.73 Å². The van der Waals surface area contributed by atoms with Crippen LogP contribution in [-0.4, -0.2) is 46.4 Å². The Hall–Kier alpha value is -1.75. The maximum Gasteiger partial charge on any atom is 0.302 e. The van der Waals surface area contributed by atoms with Gasteiger partial charge in [0.15, 0.2) is 0 Å². The van der Waals surface area contributed by atoms with E-state index in [0.29, 0.717) is 38.5 Å². The molecule has 10 heteroatoms. The lowest BCUT2D eigenvalue weighted by atomic mass is 9.42. The van der Waals surface area contributed by atoms with Crippen LogP contribution in [0.15, 0.2) is 0 Å². The number of primary amides is 1. The van der Waals surface area contributed by atoms with Crippen LogP contribution in [-0.2, 0) is 33.6 Å². The number of carbonyl (C=O) groups is 3. The van der Waals surface area contributed by atoms with Crippen LogP contribution in [0.5, 0.6) is 0 Å². The summed E-state index contributed by atoms with van der Waals surface area (Å²) in [5, 5.41) is 19.1. The van der Waals surface area contributed by atoms with Gasteiger partial charge in [-0.3, -0.25) is 14.4 Å². The average molecular weight is 540 g/mol. The van der Waals surface area contributed by atoms with E-state index in [1.54, 1.807) is 0 Å². The molecule has 1 amide bonds. The Kier molecular flexibility index (Phi) is 8.21. The molecule has 4 aliphatic rings. The van der Waals surface area contributed by atoms with E-state index in [9.17, 15) is 24.9 Å². The van der Waals surface area contributed by atoms with Crippen LogP contribution in [0.1, 0.15) is 92.4 Å². The Morgan fingerprint density at radius 3 is 2.21 bits per heavy atom. The van der Waals surface area contributed by atoms with Gasteiger partial charge in [0.1, 0.15) is 12.2 Å². The zero-order valence-electron chi connectivity index (χ0n) is 23.3. The van der Waals surface area contributed by atoms with Crippen LogP contribution in [0.3, 0.4) is 0 Å². The molecule has 4 fully saturated rings. The molecule has 0 radical (unpaired) electrons. The number of fused-ring (bicyclic) bond motifs is 5. The Balaban J connectivity index is 1.74. The molecule has 0 aromatic rings. The molecular formula is C28H45NO9. The van der Waals surface area contributed by atoms with E-state index in [2.05, 4.69) is 30.5 Å². The first-order chi connectivity index (χ1) is 17.8. The fourth-order valence-corrected chi connectivity index (χ4v) is 9.51. The summed E-state index contributed by atoms with van der Waals surface area (Å²) in [5.41, 5.74) is 4.89. The van der Waals surface area contributed by atoms with Crippen LogP contribution in [0.2, 0.25) is 0 Å². The van der Waals surface area contributed by atoms with Gasteiger partial charge in [0.25, 0.3) is 0 Å². The first-order valence-electron chi connectivity index (χ1n) is 14.1. The molecule has 4 rings (SSSR count). The molecule has 0 aromatic carbocycles. The van der Waals surface area contributed by atoms with Gasteiger partial charge in [-0.15, -0.1) is 0 Å². The van der Waals surface area contributed by atoms with E-state index in [1.807, 2.05) is 0 Å². The standard InChI is InChI=1S/C28H45NO9/c1-15(6-9-24(29)32)19-7-8-20-25-21(13-23(27(19,20)5)36-17(3)31)26(4)10-11-28(37-33,38-34)14-18(26)12-22(25)35-16(2)30/h15,18-23,25,33-34H,6-14H2,1-5H3,(H2,29,32)/t15-,18-,19-,20+,21+,22?,23+,25+,26+,27-/m1/s1. The molecule has 4 aliphatic carbocycles. The molecule has 4 N–H and O–H groups in total. The second-order valence-electron chi connectivity index (χ2n) is 13.0. The predicted molar refractivity (Wildman–Crippen MR) is 135 cm³/mol. The molecule has 10 atom stereocenters. The molecule has 0 bridgehead atoms. The van der Waals surface area contributed by atoms with Gasteiger partial charge in [-0.05, 0) is 73.5 Å². The molecular weight excluding hydrogens is 494 g/mol. The molecule has 0 heterocycles. The van der Waals surface area contributed by atoms with E-state index in [4.69, 9.17) is 15.2 Å². The van der Waals surface area contributed by atoms with Gasteiger partial charge in [-0.25, -0.2) is 20.3 Å². The summed E-state index contributed by atoms with van der Waals surface area (Å²) < 4.78 is 12.1. The first-order valence-corrected chi connectivity index (χ1v) is 14.1. The zero-order valence-corrected chi connectivity index (χ0v) is 23.3. The summed E-state index contributed by atoms with van der Waals surface area (Å²) in [6, 6.07) is 0. The minimum atomic E-state index is -1.51. The Bertz CT molecular complexity index is 922. The number of esters is 2. The van der Waals surface area contributed by atoms with E-state index in [1.165, 1.54) is 13.8 Å². The van der Waals surface area contributed by atoms with Gasteiger partial charge >= 0.3 is 11.9 Å². The Morgan fingerprint density at radius 1 is 0.974 bits per heavy atom. The maximum absolute atomic E-state index is 12.4. The first kappa shape index (κ1) is 29.2. The van der Waals surface area contributed by atoms with E-state index < -0.39 is 5.79 Å². The number of ether oxygens (including phenoxy) is 2. The number of hydrogen-bond donors (Lipinski definition) is 3. The second kappa shape index (κ2) is 10.7. The summed E-state index contributed by atoms with van der Waals surface area (Å²) in [6.07, 6.45) is 4.57. The van der Waals surface area contributed by atoms with Crippen molar-refractivity contribution < 1.29 is 44.1 Å². The quantitative estimate of drug-likeness (QED) is 0.177. The second-order valence-corrected chi connectivity index (χ2v) is 13.0. The highest BCUT2D eigenvalue weighted by atomic mass is 17.2. The van der Waals surface area contributed by atoms with Crippen LogP contribution in [0, 0.1) is 46.3 Å². The molecule has 38 heavy (non-hydrogen) atoms. The molecule has 0 saturated heterocycles. The smallest absolute Gasteiger partial charge is 0.302 e. The largest absolute Gasteiger partial charge is 0.462 e. The van der Waals surface area contributed by atoms with Crippen molar-refractivity contribution in [3.8, 4) is 0 Å². The number of nitrogens with two attached hydrogens (primary N) is 1. The van der Waals surface area contributed by atoms with Gasteiger partial charge in [-0.2, -0.15) is 0 Å². The lowest BCUT2D eigenvalue weighted by Gasteiger charge is -2.64. The summed E-state index contributed by atoms with van der Waals surface area (Å²) in [7, 11) is 0. The van der Waals surface area contributed by atoms with Crippen LogP contribution >= 0.6 is 0 Å². The van der Waals surface area contributed by atoms with Crippen LogP contribution in [0.4, 0.5) is 0 Å². The van der Waals surface area contributed by atoms with Crippen molar-refractivity contribution in [2.75, 3.05) is 0 Å². The monoisotopic (exact) mass is 539 g/mol. The summed E-state index contributed by atoms with van der Waals surface area (Å²) in [6.45, 7) is 9.49. The average Bonchev–Trinajstić information content (AvgIpc) is 3.21. The molecule has 1 unspecified atom stereocenters. The SMILES string of the molecule is CC(=O)OC1C[C@@H]2CC(OO)(OO)CC[C@]2(C)[C@H]2C[C@H](OC(C)=O)[C@]3(C)[C@@H]([C@H](C)CCC(N)=O)CC[C@H]3[C@H]12. The lowest BCUT2D eigenvalue weighted by Crippen LogP contribution is -2.64. The summed E-state index contributed by atoms with van der Waals surface area (Å²) in [4.78, 5) is 45.5. The van der Waals surface area contributed by atoms with E-state index in [0.717, 1.165) is 12.8 Å². The molecule has 10 nitrogen and oxygen atoms in total. The van der Waals surface area contributed by atoms with Gasteiger partial charge in [0.05, 0.1) is 0 Å². The predicted octanol–water partition coefficient (Wildman–Crippen LogP) is 4.31. The number of hydrogen-bond acceptors (Lipinski definition) is 9. The fourth-order valence-electron chi connectivity index (χ4n) is 9.51. The lowest BCUT2D eigenvalue weighted by molar-refractivity contribution is -0.500. The molecule has 0 spiro atoms. The van der Waals surface area contributed by atoms with E-state index >= 15 is 0 Å². The zero-order chi connectivity index (χ0) is 28.0. The summed E-state index contributed by atoms with van der Waals surface area (Å²) >= 11 is 0. The van der Waals surface area contributed by atoms with Gasteiger partial charge in [0, 0.05) is 44.4 Å². The van der Waals surface area contributed by atoms with Crippen molar-refractivity contribution in [1.29, 1.82) is 0 Å². The highest BCUT2D eigenvalue weighted by Gasteiger charge is 2.68. The molecule has 4 saturated carbocycles. The third kappa shape index (κ3) is 4.86. The third-order valence-corrected chi connectivity index (χ3v) is 11.3. The van der Waals surface area contributed by atoms with E-state index in [-0.39, 0.29) is 82.8 Å². The summed E-state index contributed by atoms with van der Waals surface area (Å²) in [5.74, 6) is -1.79. The molecule has 216 valence electrons. The van der Waals surface area contributed by atoms with Crippen LogP contribution in [0.25, 0.3) is 0 Å². The van der Waals surface area contributed by atoms with Crippen molar-refractivity contribution in [3.05, 3.63) is 0 Å². The van der Waals surface area contributed by atoms with Crippen molar-refractivity contribution in [2.24, 2.45) is 52.1 Å². The number of rotatable bonds is 8. The van der Waals surface area contributed by atoms with Crippen molar-refractivity contribution in [1.82, 2.24) is 0 Å². The van der Waals surface area contributed by atoms with Crippen molar-refractivity contribution in [2.45, 2.75) is 110 Å². The topological polar surface area (TPSA) is 155 Å². The van der Waals surface area contributed by atoms with Crippen molar-refractivity contribution in [3.63, 3.8) is 0 Å². The fraction of sp³-hybridized carbons (Fsp3) is 0.893. The normalized spacial score (nSPS) is 42.2. The van der Waals surface area contributed by atoms with Gasteiger partial charge in [0.2, 0.25) is 11.7 Å². The molecule has 0 aromatic heterocycles. The minimum Gasteiger partial charge on any atom is -0.462 e.